The fourth-order valence-electron chi connectivity index (χ4n) is 3.85. The topological polar surface area (TPSA) is 61.9 Å². The SMILES string of the molecule is CCOC(=O)c1c(NC(=O)[C@@H](C)N2CCN(C)CC2)sc2c1CC[C@H](C)C2. The van der Waals surface area contributed by atoms with Gasteiger partial charge in [0.15, 0.2) is 0 Å². The van der Waals surface area contributed by atoms with E-state index < -0.39 is 0 Å². The third-order valence-electron chi connectivity index (χ3n) is 5.69. The van der Waals surface area contributed by atoms with E-state index in [0.29, 0.717) is 23.1 Å². The second-order valence-corrected chi connectivity index (χ2v) is 8.89. The van der Waals surface area contributed by atoms with E-state index in [2.05, 4.69) is 29.1 Å². The molecule has 2 heterocycles. The summed E-state index contributed by atoms with van der Waals surface area (Å²) in [7, 11) is 2.10. The highest BCUT2D eigenvalue weighted by Crippen LogP contribution is 2.40. The number of anilines is 1. The number of nitrogens with zero attached hydrogens (tertiary/aromatic N) is 2. The van der Waals surface area contributed by atoms with Crippen LogP contribution in [0.15, 0.2) is 0 Å². The standard InChI is InChI=1S/C20H31N3O3S/c1-5-26-20(25)17-15-7-6-13(2)12-16(15)27-19(17)21-18(24)14(3)23-10-8-22(4)9-11-23/h13-14H,5-12H2,1-4H3,(H,21,24)/t13-,14+/m0/s1. The number of thiophene rings is 1. The number of esters is 1. The van der Waals surface area contributed by atoms with Crippen LogP contribution in [0.25, 0.3) is 0 Å². The molecule has 1 aromatic rings. The van der Waals surface area contributed by atoms with E-state index >= 15 is 0 Å². The minimum absolute atomic E-state index is 0.0447. The van der Waals surface area contributed by atoms with Gasteiger partial charge in [-0.15, -0.1) is 11.3 Å². The van der Waals surface area contributed by atoms with E-state index in [0.717, 1.165) is 51.0 Å². The Bertz CT molecular complexity index is 695. The van der Waals surface area contributed by atoms with Gasteiger partial charge in [-0.05, 0) is 51.6 Å². The highest BCUT2D eigenvalue weighted by molar-refractivity contribution is 7.17. The number of nitrogens with one attached hydrogen (secondary N) is 1. The number of ether oxygens (including phenoxy) is 1. The van der Waals surface area contributed by atoms with Crippen molar-refractivity contribution in [1.29, 1.82) is 0 Å². The first-order valence-corrected chi connectivity index (χ1v) is 10.8. The van der Waals surface area contributed by atoms with Crippen LogP contribution in [0.2, 0.25) is 0 Å². The molecule has 150 valence electrons. The molecule has 0 spiro atoms. The van der Waals surface area contributed by atoms with Gasteiger partial charge in [-0.1, -0.05) is 6.92 Å². The predicted molar refractivity (Wildman–Crippen MR) is 109 cm³/mol. The number of likely N-dealkylation sites (N-methyl/N-ethyl adjacent to an activating group) is 1. The number of carbonyl (C=O) groups excluding carboxylic acids is 2. The molecule has 3 rings (SSSR count). The van der Waals surface area contributed by atoms with Gasteiger partial charge in [-0.25, -0.2) is 4.79 Å². The van der Waals surface area contributed by atoms with Crippen LogP contribution in [0.4, 0.5) is 5.00 Å². The Labute approximate surface area is 165 Å². The van der Waals surface area contributed by atoms with Gasteiger partial charge in [-0.2, -0.15) is 0 Å². The average molecular weight is 394 g/mol. The molecule has 1 N–H and O–H groups in total. The zero-order valence-corrected chi connectivity index (χ0v) is 17.7. The molecule has 0 unspecified atom stereocenters. The molecule has 1 saturated heterocycles. The van der Waals surface area contributed by atoms with Crippen LogP contribution in [0, 0.1) is 5.92 Å². The van der Waals surface area contributed by atoms with Crippen molar-refractivity contribution in [3.8, 4) is 0 Å². The molecule has 7 heteroatoms. The van der Waals surface area contributed by atoms with Gasteiger partial charge in [0, 0.05) is 31.1 Å². The van der Waals surface area contributed by atoms with Crippen LogP contribution >= 0.6 is 11.3 Å². The van der Waals surface area contributed by atoms with Gasteiger partial charge in [0.1, 0.15) is 5.00 Å². The summed E-state index contributed by atoms with van der Waals surface area (Å²) < 4.78 is 5.29. The van der Waals surface area contributed by atoms with Crippen LogP contribution in [0.5, 0.6) is 0 Å². The Hall–Kier alpha value is -1.44. The molecule has 1 aliphatic heterocycles. The molecule has 2 aliphatic rings. The zero-order chi connectivity index (χ0) is 19.6. The molecular formula is C20H31N3O3S. The molecule has 1 amide bonds. The van der Waals surface area contributed by atoms with Gasteiger partial charge in [-0.3, -0.25) is 9.69 Å². The largest absolute Gasteiger partial charge is 0.462 e. The normalized spacial score (nSPS) is 22.1. The lowest BCUT2D eigenvalue weighted by Gasteiger charge is -2.35. The second kappa shape index (κ2) is 8.71. The molecule has 0 aromatic carbocycles. The number of rotatable bonds is 5. The Balaban J connectivity index is 1.79. The number of hydrogen-bond acceptors (Lipinski definition) is 6. The van der Waals surface area contributed by atoms with Crippen LogP contribution in [0.3, 0.4) is 0 Å². The lowest BCUT2D eigenvalue weighted by atomic mass is 9.88. The van der Waals surface area contributed by atoms with Crippen molar-refractivity contribution in [2.45, 2.75) is 46.1 Å². The van der Waals surface area contributed by atoms with Crippen molar-refractivity contribution in [3.63, 3.8) is 0 Å². The first-order valence-electron chi connectivity index (χ1n) is 9.95. The minimum atomic E-state index is -0.313. The quantitative estimate of drug-likeness (QED) is 0.779. The van der Waals surface area contributed by atoms with Crippen molar-refractivity contribution >= 4 is 28.2 Å². The Morgan fingerprint density at radius 2 is 2.00 bits per heavy atom. The maximum atomic E-state index is 12.9. The lowest BCUT2D eigenvalue weighted by molar-refractivity contribution is -0.121. The van der Waals surface area contributed by atoms with Gasteiger partial charge >= 0.3 is 5.97 Å². The Morgan fingerprint density at radius 1 is 1.30 bits per heavy atom. The summed E-state index contributed by atoms with van der Waals surface area (Å²) in [6.07, 6.45) is 2.92. The van der Waals surface area contributed by atoms with Crippen molar-refractivity contribution in [1.82, 2.24) is 9.80 Å². The van der Waals surface area contributed by atoms with Crippen LogP contribution in [-0.2, 0) is 22.4 Å². The summed E-state index contributed by atoms with van der Waals surface area (Å²) in [4.78, 5) is 31.2. The number of carbonyl (C=O) groups is 2. The van der Waals surface area contributed by atoms with Crippen molar-refractivity contribution in [2.24, 2.45) is 5.92 Å². The molecule has 6 nitrogen and oxygen atoms in total. The van der Waals surface area contributed by atoms with E-state index in [9.17, 15) is 9.59 Å². The van der Waals surface area contributed by atoms with Crippen LogP contribution in [0.1, 0.15) is 48.0 Å². The van der Waals surface area contributed by atoms with Crippen molar-refractivity contribution in [2.75, 3.05) is 45.2 Å². The van der Waals surface area contributed by atoms with E-state index in [1.54, 1.807) is 11.3 Å². The molecule has 1 aromatic heterocycles. The predicted octanol–water partition coefficient (Wildman–Crippen LogP) is 2.62. The summed E-state index contributed by atoms with van der Waals surface area (Å²) in [6.45, 7) is 10.0. The average Bonchev–Trinajstić information content (AvgIpc) is 2.98. The third kappa shape index (κ3) is 4.52. The summed E-state index contributed by atoms with van der Waals surface area (Å²) in [5, 5.41) is 3.72. The number of hydrogen-bond donors (Lipinski definition) is 1. The summed E-state index contributed by atoms with van der Waals surface area (Å²) in [5.41, 5.74) is 1.67. The summed E-state index contributed by atoms with van der Waals surface area (Å²) in [6, 6.07) is -0.216. The summed E-state index contributed by atoms with van der Waals surface area (Å²) in [5.74, 6) is 0.253. The van der Waals surface area contributed by atoms with Crippen LogP contribution in [-0.4, -0.2) is 67.6 Å². The van der Waals surface area contributed by atoms with Gasteiger partial charge in [0.25, 0.3) is 0 Å². The number of amides is 1. The maximum absolute atomic E-state index is 12.9. The van der Waals surface area contributed by atoms with Crippen LogP contribution < -0.4 is 5.32 Å². The van der Waals surface area contributed by atoms with Gasteiger partial charge in [0.05, 0.1) is 18.2 Å². The Morgan fingerprint density at radius 3 is 2.67 bits per heavy atom. The number of piperazine rings is 1. The first-order chi connectivity index (χ1) is 12.9. The highest BCUT2D eigenvalue weighted by atomic mass is 32.1. The third-order valence-corrected chi connectivity index (χ3v) is 6.86. The maximum Gasteiger partial charge on any atom is 0.341 e. The minimum Gasteiger partial charge on any atom is -0.462 e. The summed E-state index contributed by atoms with van der Waals surface area (Å²) >= 11 is 1.55. The van der Waals surface area contributed by atoms with Gasteiger partial charge < -0.3 is 15.0 Å². The molecule has 2 atom stereocenters. The van der Waals surface area contributed by atoms with E-state index in [-0.39, 0.29) is 17.9 Å². The molecule has 27 heavy (non-hydrogen) atoms. The van der Waals surface area contributed by atoms with Crippen molar-refractivity contribution in [3.05, 3.63) is 16.0 Å². The molecule has 0 saturated carbocycles. The zero-order valence-electron chi connectivity index (χ0n) is 16.8. The van der Waals surface area contributed by atoms with E-state index in [1.807, 2.05) is 13.8 Å². The first kappa shape index (κ1) is 20.3. The number of fused-ring (bicyclic) bond motifs is 1. The highest BCUT2D eigenvalue weighted by Gasteiger charge is 2.31. The monoisotopic (exact) mass is 393 g/mol. The molecule has 0 radical (unpaired) electrons. The fraction of sp³-hybridized carbons (Fsp3) is 0.700. The van der Waals surface area contributed by atoms with E-state index in [1.165, 1.54) is 4.88 Å². The Kier molecular flexibility index (Phi) is 6.55. The van der Waals surface area contributed by atoms with Gasteiger partial charge in [0.2, 0.25) is 5.91 Å². The molecular weight excluding hydrogens is 362 g/mol. The molecule has 1 aliphatic carbocycles. The van der Waals surface area contributed by atoms with E-state index in [4.69, 9.17) is 4.74 Å². The molecule has 0 bridgehead atoms. The van der Waals surface area contributed by atoms with Crippen molar-refractivity contribution < 1.29 is 14.3 Å². The smallest absolute Gasteiger partial charge is 0.341 e. The molecule has 1 fully saturated rings. The fourth-order valence-corrected chi connectivity index (χ4v) is 5.25. The lowest BCUT2D eigenvalue weighted by Crippen LogP contribution is -2.51. The second-order valence-electron chi connectivity index (χ2n) is 7.78.